The van der Waals surface area contributed by atoms with E-state index in [1.54, 1.807) is 12.4 Å². The predicted octanol–water partition coefficient (Wildman–Crippen LogP) is 5.11. The SMILES string of the molecule is CC[C@]12CC[C@@H]3c4ccc(C(=O)O)cc4CC[C@H]3[C@@H]1CC=C2c1cncnc1. The number of carboxylic acids is 1. The first-order valence-corrected chi connectivity index (χ1v) is 10.5. The highest BCUT2D eigenvalue weighted by molar-refractivity contribution is 5.88. The third kappa shape index (κ3) is 2.47. The molecular formula is C24H26N2O2. The Balaban J connectivity index is 1.49. The van der Waals surface area contributed by atoms with Gasteiger partial charge in [0.25, 0.3) is 0 Å². The van der Waals surface area contributed by atoms with Gasteiger partial charge in [0.15, 0.2) is 0 Å². The highest BCUT2D eigenvalue weighted by Crippen LogP contribution is 2.64. The number of carboxylic acid groups (broad SMARTS) is 1. The zero-order valence-electron chi connectivity index (χ0n) is 16.3. The second-order valence-corrected chi connectivity index (χ2v) is 8.66. The Labute approximate surface area is 165 Å². The number of benzene rings is 1. The topological polar surface area (TPSA) is 63.1 Å². The number of fused-ring (bicyclic) bond motifs is 5. The van der Waals surface area contributed by atoms with Gasteiger partial charge in [-0.1, -0.05) is 19.1 Å². The summed E-state index contributed by atoms with van der Waals surface area (Å²) in [6, 6.07) is 5.81. The summed E-state index contributed by atoms with van der Waals surface area (Å²) in [5.41, 5.74) is 5.98. The van der Waals surface area contributed by atoms with Gasteiger partial charge < -0.3 is 5.11 Å². The van der Waals surface area contributed by atoms with Crippen LogP contribution in [0.25, 0.3) is 5.57 Å². The molecule has 0 aliphatic heterocycles. The Morgan fingerprint density at radius 1 is 1.25 bits per heavy atom. The molecule has 0 unspecified atom stereocenters. The third-order valence-corrected chi connectivity index (χ3v) is 7.80. The first-order valence-electron chi connectivity index (χ1n) is 10.5. The van der Waals surface area contributed by atoms with Gasteiger partial charge in [-0.25, -0.2) is 14.8 Å². The summed E-state index contributed by atoms with van der Waals surface area (Å²) < 4.78 is 0. The quantitative estimate of drug-likeness (QED) is 0.810. The molecule has 0 bridgehead atoms. The van der Waals surface area contributed by atoms with E-state index >= 15 is 0 Å². The maximum atomic E-state index is 11.4. The molecule has 1 aromatic heterocycles. The van der Waals surface area contributed by atoms with E-state index in [0.29, 0.717) is 23.3 Å². The summed E-state index contributed by atoms with van der Waals surface area (Å²) in [5.74, 6) is 1.08. The van der Waals surface area contributed by atoms with E-state index in [4.69, 9.17) is 0 Å². The van der Waals surface area contributed by atoms with Crippen molar-refractivity contribution in [1.82, 2.24) is 9.97 Å². The number of rotatable bonds is 3. The maximum absolute atomic E-state index is 11.4. The molecular weight excluding hydrogens is 348 g/mol. The number of hydrogen-bond donors (Lipinski definition) is 1. The molecule has 3 aliphatic carbocycles. The Hall–Kier alpha value is -2.49. The van der Waals surface area contributed by atoms with Crippen LogP contribution in [0.15, 0.2) is 43.0 Å². The third-order valence-electron chi connectivity index (χ3n) is 7.80. The lowest BCUT2D eigenvalue weighted by atomic mass is 9.52. The van der Waals surface area contributed by atoms with E-state index in [1.165, 1.54) is 41.5 Å². The molecule has 28 heavy (non-hydrogen) atoms. The zero-order valence-corrected chi connectivity index (χ0v) is 16.3. The minimum absolute atomic E-state index is 0.240. The van der Waals surface area contributed by atoms with Crippen LogP contribution in [-0.4, -0.2) is 21.0 Å². The van der Waals surface area contributed by atoms with Gasteiger partial charge in [-0.15, -0.1) is 0 Å². The molecule has 1 saturated carbocycles. The minimum atomic E-state index is -0.826. The maximum Gasteiger partial charge on any atom is 0.335 e. The van der Waals surface area contributed by atoms with Crippen LogP contribution in [0.5, 0.6) is 0 Å². The lowest BCUT2D eigenvalue weighted by Crippen LogP contribution is -2.42. The minimum Gasteiger partial charge on any atom is -0.478 e. The fourth-order valence-electron chi connectivity index (χ4n) is 6.59. The molecule has 1 fully saturated rings. The highest BCUT2D eigenvalue weighted by atomic mass is 16.4. The molecule has 4 atom stereocenters. The zero-order chi connectivity index (χ0) is 19.3. The monoisotopic (exact) mass is 374 g/mol. The van der Waals surface area contributed by atoms with Gasteiger partial charge in [-0.05, 0) is 90.5 Å². The molecule has 0 saturated heterocycles. The fourth-order valence-corrected chi connectivity index (χ4v) is 6.59. The Bertz CT molecular complexity index is 952. The molecule has 1 heterocycles. The van der Waals surface area contributed by atoms with Crippen LogP contribution >= 0.6 is 0 Å². The number of aromatic nitrogens is 2. The van der Waals surface area contributed by atoms with Crippen molar-refractivity contribution in [2.45, 2.75) is 51.4 Å². The fraction of sp³-hybridized carbons (Fsp3) is 0.458. The Morgan fingerprint density at radius 2 is 2.07 bits per heavy atom. The van der Waals surface area contributed by atoms with Gasteiger partial charge >= 0.3 is 5.97 Å². The van der Waals surface area contributed by atoms with Crippen molar-refractivity contribution in [2.24, 2.45) is 17.3 Å². The van der Waals surface area contributed by atoms with Crippen LogP contribution in [0, 0.1) is 17.3 Å². The summed E-state index contributed by atoms with van der Waals surface area (Å²) in [7, 11) is 0. The van der Waals surface area contributed by atoms with Crippen molar-refractivity contribution in [3.05, 3.63) is 65.2 Å². The van der Waals surface area contributed by atoms with Gasteiger partial charge in [0.1, 0.15) is 6.33 Å². The molecule has 5 rings (SSSR count). The normalized spacial score (nSPS) is 30.8. The van der Waals surface area contributed by atoms with Crippen LogP contribution in [0.3, 0.4) is 0 Å². The summed E-state index contributed by atoms with van der Waals surface area (Å²) in [6.45, 7) is 2.34. The summed E-state index contributed by atoms with van der Waals surface area (Å²) >= 11 is 0. The summed E-state index contributed by atoms with van der Waals surface area (Å²) in [5, 5.41) is 9.33. The molecule has 0 radical (unpaired) electrons. The van der Waals surface area contributed by atoms with Crippen LogP contribution in [0.1, 0.15) is 72.0 Å². The Morgan fingerprint density at radius 3 is 2.82 bits per heavy atom. The van der Waals surface area contributed by atoms with E-state index in [9.17, 15) is 9.90 Å². The number of aromatic carboxylic acids is 1. The summed E-state index contributed by atoms with van der Waals surface area (Å²) in [4.78, 5) is 19.9. The molecule has 3 aliphatic rings. The van der Waals surface area contributed by atoms with Gasteiger partial charge in [-0.3, -0.25) is 0 Å². The molecule has 0 spiro atoms. The summed E-state index contributed by atoms with van der Waals surface area (Å²) in [6.07, 6.45) is 14.8. The highest BCUT2D eigenvalue weighted by Gasteiger charge is 2.53. The first kappa shape index (κ1) is 17.6. The number of aryl methyl sites for hydroxylation is 1. The molecule has 144 valence electrons. The predicted molar refractivity (Wildman–Crippen MR) is 108 cm³/mol. The van der Waals surface area contributed by atoms with Gasteiger partial charge in [0.2, 0.25) is 0 Å². The van der Waals surface area contributed by atoms with Crippen molar-refractivity contribution >= 4 is 11.5 Å². The molecule has 4 nitrogen and oxygen atoms in total. The second kappa shape index (κ2) is 6.54. The average Bonchev–Trinajstić information content (AvgIpc) is 3.13. The van der Waals surface area contributed by atoms with E-state index < -0.39 is 5.97 Å². The second-order valence-electron chi connectivity index (χ2n) is 8.66. The van der Waals surface area contributed by atoms with E-state index in [0.717, 1.165) is 19.3 Å². The standard InChI is InChI=1S/C24H26N2O2/c1-2-24-10-9-19-18-5-4-16(23(27)28)11-15(18)3-6-20(19)22(24)8-7-21(24)17-12-25-14-26-13-17/h4-5,7,11-14,19-20,22H,2-3,6,8-10H2,1H3,(H,27,28)/t19-,20-,22+,24-/m1/s1. The van der Waals surface area contributed by atoms with Gasteiger partial charge in [-0.2, -0.15) is 0 Å². The van der Waals surface area contributed by atoms with Crippen LogP contribution in [0.2, 0.25) is 0 Å². The molecule has 4 heteroatoms. The van der Waals surface area contributed by atoms with Crippen LogP contribution in [0.4, 0.5) is 0 Å². The Kier molecular flexibility index (Phi) is 4.11. The van der Waals surface area contributed by atoms with Crippen LogP contribution < -0.4 is 0 Å². The average molecular weight is 374 g/mol. The molecule has 1 aromatic carbocycles. The molecule has 0 amide bonds. The van der Waals surface area contributed by atoms with Gasteiger partial charge in [0.05, 0.1) is 5.56 Å². The molecule has 2 aromatic rings. The van der Waals surface area contributed by atoms with E-state index in [-0.39, 0.29) is 5.41 Å². The van der Waals surface area contributed by atoms with Crippen molar-refractivity contribution in [1.29, 1.82) is 0 Å². The number of nitrogens with zero attached hydrogens (tertiary/aromatic N) is 2. The van der Waals surface area contributed by atoms with Crippen LogP contribution in [-0.2, 0) is 6.42 Å². The van der Waals surface area contributed by atoms with Crippen molar-refractivity contribution in [3.63, 3.8) is 0 Å². The first-order chi connectivity index (χ1) is 13.6. The molecule has 1 N–H and O–H groups in total. The number of hydrogen-bond acceptors (Lipinski definition) is 3. The smallest absolute Gasteiger partial charge is 0.335 e. The van der Waals surface area contributed by atoms with Crippen molar-refractivity contribution in [2.75, 3.05) is 0 Å². The lowest BCUT2D eigenvalue weighted by Gasteiger charge is -2.51. The van der Waals surface area contributed by atoms with E-state index in [2.05, 4.69) is 29.0 Å². The van der Waals surface area contributed by atoms with Crippen molar-refractivity contribution < 1.29 is 9.90 Å². The largest absolute Gasteiger partial charge is 0.478 e. The number of carbonyl (C=O) groups is 1. The van der Waals surface area contributed by atoms with Gasteiger partial charge in [0, 0.05) is 18.0 Å². The van der Waals surface area contributed by atoms with E-state index in [1.807, 2.05) is 18.5 Å². The lowest BCUT2D eigenvalue weighted by molar-refractivity contribution is 0.0691. The van der Waals surface area contributed by atoms with Crippen molar-refractivity contribution in [3.8, 4) is 0 Å². The number of allylic oxidation sites excluding steroid dienone is 2.